The zero-order valence-electron chi connectivity index (χ0n) is 20.5. The zero-order valence-corrected chi connectivity index (χ0v) is 25.3. The summed E-state index contributed by atoms with van der Waals surface area (Å²) in [6.07, 6.45) is 20.4. The van der Waals surface area contributed by atoms with Gasteiger partial charge in [0.2, 0.25) is 5.91 Å². The SMILES string of the molecule is CCCCCCCC/C=C\CCCCCCCCNC(=O)CC(C(=O)O)S(=O)(=O)O.[Na].[Na]. The second-order valence-corrected chi connectivity index (χ2v) is 9.43. The molecule has 32 heavy (non-hydrogen) atoms. The van der Waals surface area contributed by atoms with E-state index >= 15 is 0 Å². The monoisotopic (exact) mass is 493 g/mol. The molecular weight excluding hydrogens is 452 g/mol. The first kappa shape index (κ1) is 37.1. The van der Waals surface area contributed by atoms with Crippen LogP contribution in [0.2, 0.25) is 0 Å². The van der Waals surface area contributed by atoms with E-state index in [1.54, 1.807) is 0 Å². The Labute approximate surface area is 239 Å². The van der Waals surface area contributed by atoms with Gasteiger partial charge in [0.25, 0.3) is 10.1 Å². The van der Waals surface area contributed by atoms with E-state index in [2.05, 4.69) is 24.4 Å². The molecule has 178 valence electrons. The van der Waals surface area contributed by atoms with E-state index < -0.39 is 33.7 Å². The molecule has 0 aliphatic rings. The van der Waals surface area contributed by atoms with Gasteiger partial charge in [-0.3, -0.25) is 14.1 Å². The van der Waals surface area contributed by atoms with Gasteiger partial charge >= 0.3 is 5.97 Å². The predicted molar refractivity (Wildman–Crippen MR) is 132 cm³/mol. The van der Waals surface area contributed by atoms with Crippen molar-refractivity contribution < 1.29 is 27.7 Å². The van der Waals surface area contributed by atoms with Gasteiger partial charge in [-0.2, -0.15) is 8.42 Å². The largest absolute Gasteiger partial charge is 0.480 e. The number of hydrogen-bond acceptors (Lipinski definition) is 4. The average Bonchev–Trinajstić information content (AvgIpc) is 2.67. The Morgan fingerprint density at radius 3 is 1.69 bits per heavy atom. The second kappa shape index (κ2) is 24.7. The Balaban J connectivity index is -0.00000420. The summed E-state index contributed by atoms with van der Waals surface area (Å²) in [7, 11) is -4.79. The van der Waals surface area contributed by atoms with Crippen molar-refractivity contribution in [3.05, 3.63) is 12.2 Å². The third-order valence-electron chi connectivity index (χ3n) is 5.02. The summed E-state index contributed by atoms with van der Waals surface area (Å²) >= 11 is 0. The summed E-state index contributed by atoms with van der Waals surface area (Å²) in [6, 6.07) is 0. The molecule has 2 radical (unpaired) electrons. The summed E-state index contributed by atoms with van der Waals surface area (Å²) in [5, 5.41) is 9.14. The maximum Gasteiger partial charge on any atom is 0.324 e. The van der Waals surface area contributed by atoms with Gasteiger partial charge in [0, 0.05) is 65.7 Å². The number of carboxylic acids is 1. The van der Waals surface area contributed by atoms with Crippen LogP contribution in [0.15, 0.2) is 12.2 Å². The molecule has 1 atom stereocenters. The van der Waals surface area contributed by atoms with Gasteiger partial charge in [0.1, 0.15) is 0 Å². The molecule has 3 N–H and O–H groups in total. The van der Waals surface area contributed by atoms with Gasteiger partial charge in [0.15, 0.2) is 5.25 Å². The second-order valence-electron chi connectivity index (χ2n) is 7.83. The minimum atomic E-state index is -4.79. The van der Waals surface area contributed by atoms with E-state index in [0.717, 1.165) is 32.1 Å². The summed E-state index contributed by atoms with van der Waals surface area (Å²) in [5.74, 6) is -2.42. The minimum absolute atomic E-state index is 0. The fourth-order valence-electron chi connectivity index (χ4n) is 3.16. The van der Waals surface area contributed by atoms with Crippen molar-refractivity contribution in [2.75, 3.05) is 6.54 Å². The third-order valence-corrected chi connectivity index (χ3v) is 6.10. The molecule has 0 aromatic heterocycles. The molecule has 10 heteroatoms. The van der Waals surface area contributed by atoms with Crippen LogP contribution in [0.1, 0.15) is 103 Å². The number of rotatable bonds is 20. The molecule has 0 bridgehead atoms. The average molecular weight is 494 g/mol. The maximum absolute atomic E-state index is 11.6. The maximum atomic E-state index is 11.6. The Hall–Kier alpha value is 0.590. The molecule has 7 nitrogen and oxygen atoms in total. The standard InChI is InChI=1S/C22H41NO6S.2Na/c1-2-3-4-5-6-7-8-9-10-11-12-13-14-15-16-17-18-23-21(24)19-20(22(25)26)30(27,28)29;;/h9-10,20H,2-8,11-19H2,1H3,(H,23,24)(H,25,26)(H,27,28,29);;/b10-9-;;. The molecule has 0 aromatic rings. The van der Waals surface area contributed by atoms with Crippen molar-refractivity contribution in [2.45, 2.75) is 108 Å². The molecule has 0 aliphatic carbocycles. The number of carbonyl (C=O) groups excluding carboxylic acids is 1. The van der Waals surface area contributed by atoms with Crippen LogP contribution < -0.4 is 5.32 Å². The van der Waals surface area contributed by atoms with Gasteiger partial charge < -0.3 is 10.4 Å². The first-order valence-corrected chi connectivity index (χ1v) is 12.9. The number of hydrogen-bond donors (Lipinski definition) is 3. The number of carbonyl (C=O) groups is 2. The molecule has 1 unspecified atom stereocenters. The number of allylic oxidation sites excluding steroid dienone is 2. The summed E-state index contributed by atoms with van der Waals surface area (Å²) in [5.41, 5.74) is 0. The number of nitrogens with one attached hydrogen (secondary N) is 1. The molecule has 0 saturated heterocycles. The summed E-state index contributed by atoms with van der Waals surface area (Å²) < 4.78 is 30.7. The molecule has 0 spiro atoms. The molecule has 0 heterocycles. The number of unbranched alkanes of at least 4 members (excludes halogenated alkanes) is 12. The van der Waals surface area contributed by atoms with Crippen LogP contribution in [-0.4, -0.2) is 101 Å². The Morgan fingerprint density at radius 1 is 0.812 bits per heavy atom. The molecule has 0 saturated carbocycles. The first-order chi connectivity index (χ1) is 14.3. The van der Waals surface area contributed by atoms with Crippen LogP contribution in [0.5, 0.6) is 0 Å². The molecule has 1 amide bonds. The van der Waals surface area contributed by atoms with Crippen LogP contribution >= 0.6 is 0 Å². The summed E-state index contributed by atoms with van der Waals surface area (Å²) in [4.78, 5) is 22.4. The summed E-state index contributed by atoms with van der Waals surface area (Å²) in [6.45, 7) is 2.61. The van der Waals surface area contributed by atoms with Crippen LogP contribution in [0.4, 0.5) is 0 Å². The van der Waals surface area contributed by atoms with Gasteiger partial charge in [0.05, 0.1) is 6.42 Å². The molecule has 0 aliphatic heterocycles. The van der Waals surface area contributed by atoms with Gasteiger partial charge in [-0.1, -0.05) is 76.9 Å². The van der Waals surface area contributed by atoms with Gasteiger partial charge in [-0.15, -0.1) is 0 Å². The zero-order chi connectivity index (χ0) is 22.7. The van der Waals surface area contributed by atoms with Crippen molar-refractivity contribution in [1.29, 1.82) is 0 Å². The van der Waals surface area contributed by atoms with Crippen molar-refractivity contribution in [3.63, 3.8) is 0 Å². The van der Waals surface area contributed by atoms with Gasteiger partial charge in [-0.25, -0.2) is 0 Å². The van der Waals surface area contributed by atoms with Crippen LogP contribution in [0.3, 0.4) is 0 Å². The van der Waals surface area contributed by atoms with Crippen LogP contribution in [0.25, 0.3) is 0 Å². The van der Waals surface area contributed by atoms with E-state index in [-0.39, 0.29) is 59.1 Å². The Kier molecular flexibility index (Phi) is 28.7. The van der Waals surface area contributed by atoms with Crippen molar-refractivity contribution in [3.8, 4) is 0 Å². The quantitative estimate of drug-likeness (QED) is 0.102. The number of aliphatic carboxylic acids is 1. The van der Waals surface area contributed by atoms with E-state index in [9.17, 15) is 18.0 Å². The van der Waals surface area contributed by atoms with Crippen molar-refractivity contribution in [2.24, 2.45) is 0 Å². The normalized spacial score (nSPS) is 12.1. The Morgan fingerprint density at radius 2 is 1.25 bits per heavy atom. The van der Waals surface area contributed by atoms with E-state index in [4.69, 9.17) is 9.66 Å². The molecular formula is C22H41NNa2O6S. The molecule has 0 rings (SSSR count). The smallest absolute Gasteiger partial charge is 0.324 e. The van der Waals surface area contributed by atoms with Gasteiger partial charge in [-0.05, 0) is 32.1 Å². The number of carboxylic acid groups (broad SMARTS) is 1. The predicted octanol–water partition coefficient (Wildman–Crippen LogP) is 4.11. The van der Waals surface area contributed by atoms with E-state index in [0.29, 0.717) is 6.54 Å². The van der Waals surface area contributed by atoms with E-state index in [1.165, 1.54) is 57.8 Å². The Bertz CT molecular complexity index is 599. The van der Waals surface area contributed by atoms with Crippen LogP contribution in [0, 0.1) is 0 Å². The molecule has 0 fully saturated rings. The van der Waals surface area contributed by atoms with Crippen molar-refractivity contribution in [1.82, 2.24) is 5.32 Å². The number of amides is 1. The van der Waals surface area contributed by atoms with Crippen molar-refractivity contribution >= 4 is 81.1 Å². The van der Waals surface area contributed by atoms with Crippen LogP contribution in [-0.2, 0) is 19.7 Å². The minimum Gasteiger partial charge on any atom is -0.480 e. The fourth-order valence-corrected chi connectivity index (χ4v) is 3.78. The first-order valence-electron chi connectivity index (χ1n) is 11.4. The topological polar surface area (TPSA) is 121 Å². The molecule has 0 aromatic carbocycles. The van der Waals surface area contributed by atoms with E-state index in [1.807, 2.05) is 0 Å². The third kappa shape index (κ3) is 23.7. The fraction of sp³-hybridized carbons (Fsp3) is 0.818.